The van der Waals surface area contributed by atoms with Gasteiger partial charge in [0.1, 0.15) is 5.82 Å². The van der Waals surface area contributed by atoms with Gasteiger partial charge in [0.15, 0.2) is 0 Å². The molecule has 0 saturated carbocycles. The predicted molar refractivity (Wildman–Crippen MR) is 83.7 cm³/mol. The van der Waals surface area contributed by atoms with Crippen LogP contribution in [-0.2, 0) is 17.7 Å². The zero-order valence-corrected chi connectivity index (χ0v) is 13.3. The number of nitrogens with one attached hydrogen (secondary N) is 1. The van der Waals surface area contributed by atoms with Gasteiger partial charge in [-0.1, -0.05) is 0 Å². The van der Waals surface area contributed by atoms with Crippen molar-refractivity contribution in [1.29, 1.82) is 0 Å². The van der Waals surface area contributed by atoms with E-state index >= 15 is 0 Å². The number of fused-ring (bicyclic) bond motifs is 1. The van der Waals surface area contributed by atoms with Crippen molar-refractivity contribution in [1.82, 2.24) is 19.8 Å². The highest BCUT2D eigenvalue weighted by Crippen LogP contribution is 2.19. The molecule has 1 aromatic rings. The Balaban J connectivity index is 1.38. The maximum absolute atomic E-state index is 12.1. The molecule has 0 unspecified atom stereocenters. The summed E-state index contributed by atoms with van der Waals surface area (Å²) in [5, 5.41) is 3.00. The van der Waals surface area contributed by atoms with Gasteiger partial charge in [0, 0.05) is 52.1 Å². The fraction of sp³-hybridized carbons (Fsp3) is 0.750. The van der Waals surface area contributed by atoms with Crippen LogP contribution in [0.25, 0.3) is 0 Å². The third-order valence-electron chi connectivity index (χ3n) is 4.70. The van der Waals surface area contributed by atoms with Gasteiger partial charge in [0.25, 0.3) is 0 Å². The minimum absolute atomic E-state index is 0.0203. The second-order valence-corrected chi connectivity index (χ2v) is 6.43. The average molecular weight is 306 g/mol. The van der Waals surface area contributed by atoms with E-state index in [1.807, 2.05) is 19.4 Å². The summed E-state index contributed by atoms with van der Waals surface area (Å²) in [6, 6.07) is 0.0203. The fourth-order valence-electron chi connectivity index (χ4n) is 3.39. The van der Waals surface area contributed by atoms with E-state index in [0.29, 0.717) is 18.6 Å². The summed E-state index contributed by atoms with van der Waals surface area (Å²) in [7, 11) is 1.88. The van der Waals surface area contributed by atoms with Crippen molar-refractivity contribution < 1.29 is 9.53 Å². The molecule has 3 heterocycles. The summed E-state index contributed by atoms with van der Waals surface area (Å²) in [6.07, 6.45) is 9.49. The minimum atomic E-state index is 0.0203. The molecule has 2 atom stereocenters. The van der Waals surface area contributed by atoms with Gasteiger partial charge >= 0.3 is 6.03 Å². The van der Waals surface area contributed by atoms with E-state index in [1.54, 1.807) is 4.90 Å². The van der Waals surface area contributed by atoms with E-state index in [4.69, 9.17) is 4.74 Å². The Kier molecular flexibility index (Phi) is 4.97. The molecule has 2 aliphatic heterocycles. The molecule has 1 N–H and O–H groups in total. The normalized spacial score (nSPS) is 24.0. The molecule has 0 spiro atoms. The molecule has 6 nitrogen and oxygen atoms in total. The lowest BCUT2D eigenvalue weighted by molar-refractivity contribution is 0.104. The predicted octanol–water partition coefficient (Wildman–Crippen LogP) is 1.66. The summed E-state index contributed by atoms with van der Waals surface area (Å²) in [5.74, 6) is 1.65. The number of carbonyl (C=O) groups is 1. The van der Waals surface area contributed by atoms with Crippen LogP contribution in [0.5, 0.6) is 0 Å². The smallest absolute Gasteiger partial charge is 0.317 e. The number of hydrogen-bond acceptors (Lipinski definition) is 3. The van der Waals surface area contributed by atoms with Crippen molar-refractivity contribution in [2.75, 3.05) is 26.7 Å². The molecule has 6 heteroatoms. The number of rotatable bonds is 5. The Labute approximate surface area is 131 Å². The largest absolute Gasteiger partial charge is 0.378 e. The SMILES string of the molecule is CN(C[C@H]1CCn2ccnc2C1)C(=O)NCC[C@H]1CCCO1. The van der Waals surface area contributed by atoms with Crippen molar-refractivity contribution in [3.8, 4) is 0 Å². The number of amides is 2. The molecule has 1 fully saturated rings. The standard InChI is InChI=1S/C16H26N4O2/c1-19(16(21)18-6-4-14-3-2-10-22-14)12-13-5-8-20-9-7-17-15(20)11-13/h7,9,13-14H,2-6,8,10-12H2,1H3,(H,18,21)/t13-,14+/m0/s1. The third-order valence-corrected chi connectivity index (χ3v) is 4.70. The van der Waals surface area contributed by atoms with Crippen molar-refractivity contribution in [2.24, 2.45) is 5.92 Å². The van der Waals surface area contributed by atoms with Crippen LogP contribution in [0.3, 0.4) is 0 Å². The molecular weight excluding hydrogens is 280 g/mol. The summed E-state index contributed by atoms with van der Waals surface area (Å²) in [4.78, 5) is 18.3. The maximum Gasteiger partial charge on any atom is 0.317 e. The highest BCUT2D eigenvalue weighted by atomic mass is 16.5. The van der Waals surface area contributed by atoms with Gasteiger partial charge in [-0.15, -0.1) is 0 Å². The number of carbonyl (C=O) groups excluding carboxylic acids is 1. The van der Waals surface area contributed by atoms with Gasteiger partial charge in [0.2, 0.25) is 0 Å². The fourth-order valence-corrected chi connectivity index (χ4v) is 3.39. The molecule has 3 rings (SSSR count). The molecule has 2 amide bonds. The third kappa shape index (κ3) is 3.80. The van der Waals surface area contributed by atoms with Gasteiger partial charge in [-0.3, -0.25) is 0 Å². The Bertz CT molecular complexity index is 496. The Morgan fingerprint density at radius 1 is 1.55 bits per heavy atom. The van der Waals surface area contributed by atoms with E-state index in [0.717, 1.165) is 57.6 Å². The molecule has 1 saturated heterocycles. The first-order chi connectivity index (χ1) is 10.7. The molecule has 0 aromatic carbocycles. The van der Waals surface area contributed by atoms with Crippen molar-refractivity contribution in [3.63, 3.8) is 0 Å². The maximum atomic E-state index is 12.1. The van der Waals surface area contributed by atoms with Crippen molar-refractivity contribution >= 4 is 6.03 Å². The Morgan fingerprint density at radius 3 is 3.27 bits per heavy atom. The summed E-state index contributed by atoms with van der Waals surface area (Å²) < 4.78 is 7.77. The Hall–Kier alpha value is -1.56. The molecule has 22 heavy (non-hydrogen) atoms. The first-order valence-electron chi connectivity index (χ1n) is 8.33. The first-order valence-corrected chi connectivity index (χ1v) is 8.33. The summed E-state index contributed by atoms with van der Waals surface area (Å²) in [6.45, 7) is 3.37. The second-order valence-electron chi connectivity index (χ2n) is 6.43. The van der Waals surface area contributed by atoms with E-state index in [1.165, 1.54) is 0 Å². The van der Waals surface area contributed by atoms with Crippen LogP contribution >= 0.6 is 0 Å². The number of nitrogens with zero attached hydrogens (tertiary/aromatic N) is 3. The summed E-state index contributed by atoms with van der Waals surface area (Å²) in [5.41, 5.74) is 0. The molecule has 0 bridgehead atoms. The van der Waals surface area contributed by atoms with E-state index in [9.17, 15) is 4.79 Å². The highest BCUT2D eigenvalue weighted by molar-refractivity contribution is 5.73. The number of imidazole rings is 1. The minimum Gasteiger partial charge on any atom is -0.378 e. The number of urea groups is 1. The first kappa shape index (κ1) is 15.3. The monoisotopic (exact) mass is 306 g/mol. The molecule has 0 radical (unpaired) electrons. The zero-order chi connectivity index (χ0) is 15.4. The number of ether oxygens (including phenoxy) is 1. The van der Waals surface area contributed by atoms with Gasteiger partial charge in [-0.2, -0.15) is 0 Å². The van der Waals surface area contributed by atoms with Gasteiger partial charge in [0.05, 0.1) is 6.10 Å². The van der Waals surface area contributed by atoms with Crippen molar-refractivity contribution in [2.45, 2.75) is 44.8 Å². The molecule has 2 aliphatic rings. The highest BCUT2D eigenvalue weighted by Gasteiger charge is 2.22. The number of hydrogen-bond donors (Lipinski definition) is 1. The van der Waals surface area contributed by atoms with Crippen LogP contribution in [0.4, 0.5) is 4.79 Å². The van der Waals surface area contributed by atoms with Crippen LogP contribution in [0.2, 0.25) is 0 Å². The molecular formula is C16H26N4O2. The molecule has 1 aromatic heterocycles. The van der Waals surface area contributed by atoms with Crippen LogP contribution in [0.15, 0.2) is 12.4 Å². The topological polar surface area (TPSA) is 59.4 Å². The molecule has 0 aliphatic carbocycles. The lowest BCUT2D eigenvalue weighted by Gasteiger charge is -2.28. The summed E-state index contributed by atoms with van der Waals surface area (Å²) >= 11 is 0. The molecule has 122 valence electrons. The van der Waals surface area contributed by atoms with Crippen molar-refractivity contribution in [3.05, 3.63) is 18.2 Å². The van der Waals surface area contributed by atoms with E-state index < -0.39 is 0 Å². The van der Waals surface area contributed by atoms with Crippen LogP contribution in [-0.4, -0.2) is 53.3 Å². The van der Waals surface area contributed by atoms with Gasteiger partial charge in [-0.25, -0.2) is 9.78 Å². The van der Waals surface area contributed by atoms with Crippen LogP contribution in [0, 0.1) is 5.92 Å². The number of aromatic nitrogens is 2. The second kappa shape index (κ2) is 7.13. The quantitative estimate of drug-likeness (QED) is 0.900. The van der Waals surface area contributed by atoms with Crippen LogP contribution < -0.4 is 5.32 Å². The number of aryl methyl sites for hydroxylation is 1. The Morgan fingerprint density at radius 2 is 2.45 bits per heavy atom. The zero-order valence-electron chi connectivity index (χ0n) is 13.3. The lowest BCUT2D eigenvalue weighted by atomic mass is 9.97. The average Bonchev–Trinajstić information content (AvgIpc) is 3.17. The van der Waals surface area contributed by atoms with Gasteiger partial charge < -0.3 is 19.5 Å². The van der Waals surface area contributed by atoms with Crippen LogP contribution in [0.1, 0.15) is 31.5 Å². The van der Waals surface area contributed by atoms with Gasteiger partial charge in [-0.05, 0) is 31.6 Å². The van der Waals surface area contributed by atoms with E-state index in [-0.39, 0.29) is 6.03 Å². The van der Waals surface area contributed by atoms with E-state index in [2.05, 4.69) is 14.9 Å². The lowest BCUT2D eigenvalue weighted by Crippen LogP contribution is -2.42.